The lowest BCUT2D eigenvalue weighted by atomic mass is 10.1. The molecule has 1 amide bonds. The number of aromatic nitrogens is 4. The number of hydrogen-bond donors (Lipinski definition) is 1. The molecular weight excluding hydrogens is 470 g/mol. The maximum atomic E-state index is 12.8. The summed E-state index contributed by atoms with van der Waals surface area (Å²) >= 11 is 7.48. The fraction of sp³-hybridized carbons (Fsp3) is 0.200. The fourth-order valence-electron chi connectivity index (χ4n) is 3.40. The predicted octanol–water partition coefficient (Wildman–Crippen LogP) is 5.65. The SMILES string of the molecule is COc1cc(Cl)c(C)cc1NC(=O)CSc1nnc(-c2ccncc2)n1-c1ccc(C)c(C)c1. The van der Waals surface area contributed by atoms with Crippen molar-refractivity contribution in [3.8, 4) is 22.8 Å². The molecule has 4 aromatic rings. The summed E-state index contributed by atoms with van der Waals surface area (Å²) in [5.74, 6) is 1.14. The van der Waals surface area contributed by atoms with Crippen LogP contribution in [0.5, 0.6) is 5.75 Å². The van der Waals surface area contributed by atoms with Gasteiger partial charge in [0.2, 0.25) is 5.91 Å². The molecule has 0 saturated heterocycles. The second-order valence-corrected chi connectivity index (χ2v) is 9.13. The Morgan fingerprint density at radius 2 is 1.79 bits per heavy atom. The average Bonchev–Trinajstić information content (AvgIpc) is 3.26. The lowest BCUT2D eigenvalue weighted by Gasteiger charge is -2.13. The van der Waals surface area contributed by atoms with Crippen LogP contribution in [0, 0.1) is 20.8 Å². The summed E-state index contributed by atoms with van der Waals surface area (Å²) in [5, 5.41) is 12.9. The number of pyridine rings is 1. The van der Waals surface area contributed by atoms with E-state index in [0.717, 1.165) is 22.4 Å². The minimum absolute atomic E-state index is 0.143. The maximum Gasteiger partial charge on any atom is 0.234 e. The quantitative estimate of drug-likeness (QED) is 0.335. The first kappa shape index (κ1) is 23.8. The van der Waals surface area contributed by atoms with Crippen LogP contribution >= 0.6 is 23.4 Å². The molecule has 0 spiro atoms. The second kappa shape index (κ2) is 10.3. The van der Waals surface area contributed by atoms with Crippen molar-refractivity contribution in [2.45, 2.75) is 25.9 Å². The zero-order valence-corrected chi connectivity index (χ0v) is 20.9. The predicted molar refractivity (Wildman–Crippen MR) is 136 cm³/mol. The highest BCUT2D eigenvalue weighted by Crippen LogP contribution is 2.32. The monoisotopic (exact) mass is 493 g/mol. The third-order valence-electron chi connectivity index (χ3n) is 5.41. The van der Waals surface area contributed by atoms with Crippen LogP contribution in [-0.4, -0.2) is 38.5 Å². The van der Waals surface area contributed by atoms with Gasteiger partial charge in [-0.2, -0.15) is 0 Å². The molecule has 7 nitrogen and oxygen atoms in total. The maximum absolute atomic E-state index is 12.8. The van der Waals surface area contributed by atoms with Crippen LogP contribution in [0.15, 0.2) is 60.0 Å². The van der Waals surface area contributed by atoms with Crippen molar-refractivity contribution in [2.75, 3.05) is 18.2 Å². The van der Waals surface area contributed by atoms with Crippen molar-refractivity contribution in [3.63, 3.8) is 0 Å². The summed E-state index contributed by atoms with van der Waals surface area (Å²) < 4.78 is 7.32. The molecule has 0 bridgehead atoms. The van der Waals surface area contributed by atoms with Gasteiger partial charge in [-0.25, -0.2) is 0 Å². The van der Waals surface area contributed by atoms with E-state index in [1.807, 2.05) is 29.7 Å². The summed E-state index contributed by atoms with van der Waals surface area (Å²) in [7, 11) is 1.54. The normalized spacial score (nSPS) is 10.9. The Balaban J connectivity index is 1.61. The molecule has 0 aliphatic carbocycles. The zero-order valence-electron chi connectivity index (χ0n) is 19.3. The molecule has 0 atom stereocenters. The summed E-state index contributed by atoms with van der Waals surface area (Å²) in [6.45, 7) is 6.01. The molecule has 0 fully saturated rings. The summed E-state index contributed by atoms with van der Waals surface area (Å²) in [5.41, 5.74) is 5.59. The highest BCUT2D eigenvalue weighted by molar-refractivity contribution is 7.99. The van der Waals surface area contributed by atoms with Crippen LogP contribution in [0.3, 0.4) is 0 Å². The van der Waals surface area contributed by atoms with Gasteiger partial charge in [-0.1, -0.05) is 29.4 Å². The number of nitrogens with one attached hydrogen (secondary N) is 1. The van der Waals surface area contributed by atoms with Gasteiger partial charge in [0.1, 0.15) is 5.75 Å². The Bertz CT molecular complexity index is 1340. The van der Waals surface area contributed by atoms with Crippen molar-refractivity contribution >= 4 is 35.0 Å². The summed E-state index contributed by atoms with van der Waals surface area (Å²) in [6.07, 6.45) is 3.44. The molecule has 0 aliphatic heterocycles. The first-order chi connectivity index (χ1) is 16.4. The third kappa shape index (κ3) is 5.08. The molecule has 0 saturated carbocycles. The van der Waals surface area contributed by atoms with E-state index in [1.54, 1.807) is 24.5 Å². The van der Waals surface area contributed by atoms with Crippen molar-refractivity contribution in [2.24, 2.45) is 0 Å². The van der Waals surface area contributed by atoms with Gasteiger partial charge in [-0.3, -0.25) is 14.3 Å². The van der Waals surface area contributed by atoms with E-state index >= 15 is 0 Å². The number of benzene rings is 2. The molecule has 2 aromatic carbocycles. The molecule has 2 aromatic heterocycles. The van der Waals surface area contributed by atoms with E-state index in [9.17, 15) is 4.79 Å². The van der Waals surface area contributed by atoms with Crippen LogP contribution in [0.4, 0.5) is 5.69 Å². The molecule has 0 unspecified atom stereocenters. The van der Waals surface area contributed by atoms with E-state index in [2.05, 4.69) is 46.5 Å². The molecule has 0 radical (unpaired) electrons. The molecule has 2 heterocycles. The van der Waals surface area contributed by atoms with E-state index in [0.29, 0.717) is 27.4 Å². The number of thioether (sulfide) groups is 1. The second-order valence-electron chi connectivity index (χ2n) is 7.78. The third-order valence-corrected chi connectivity index (χ3v) is 6.74. The standard InChI is InChI=1S/C25H24ClN5O2S/c1-15-5-6-19(11-16(15)2)31-24(18-7-9-27-10-8-18)29-30-25(31)34-14-23(32)28-21-12-17(3)20(26)13-22(21)33-4/h5-13H,14H2,1-4H3,(H,28,32). The van der Waals surface area contributed by atoms with Crippen LogP contribution in [0.1, 0.15) is 16.7 Å². The van der Waals surface area contributed by atoms with Gasteiger partial charge in [0.25, 0.3) is 0 Å². The van der Waals surface area contributed by atoms with Crippen molar-refractivity contribution in [3.05, 3.63) is 76.6 Å². The number of halogens is 1. The fourth-order valence-corrected chi connectivity index (χ4v) is 4.30. The number of nitrogens with zero attached hydrogens (tertiary/aromatic N) is 4. The number of hydrogen-bond acceptors (Lipinski definition) is 6. The Labute approximate surface area is 207 Å². The van der Waals surface area contributed by atoms with Gasteiger partial charge in [0.15, 0.2) is 11.0 Å². The molecular formula is C25H24ClN5O2S. The van der Waals surface area contributed by atoms with Crippen molar-refractivity contribution in [1.82, 2.24) is 19.7 Å². The Morgan fingerprint density at radius 1 is 1.03 bits per heavy atom. The largest absolute Gasteiger partial charge is 0.495 e. The Kier molecular flexibility index (Phi) is 7.19. The Morgan fingerprint density at radius 3 is 2.50 bits per heavy atom. The van der Waals surface area contributed by atoms with Crippen LogP contribution in [-0.2, 0) is 4.79 Å². The number of ether oxygens (including phenoxy) is 1. The topological polar surface area (TPSA) is 81.9 Å². The number of carbonyl (C=O) groups excluding carboxylic acids is 1. The van der Waals surface area contributed by atoms with Crippen LogP contribution in [0.25, 0.3) is 17.1 Å². The summed E-state index contributed by atoms with van der Waals surface area (Å²) in [6, 6.07) is 13.4. The van der Waals surface area contributed by atoms with Gasteiger partial charge in [0.05, 0.1) is 24.2 Å². The number of amides is 1. The average molecular weight is 494 g/mol. The molecule has 174 valence electrons. The molecule has 0 aliphatic rings. The lowest BCUT2D eigenvalue weighted by molar-refractivity contribution is -0.113. The van der Waals surface area contributed by atoms with Gasteiger partial charge >= 0.3 is 0 Å². The van der Waals surface area contributed by atoms with E-state index in [-0.39, 0.29) is 11.7 Å². The van der Waals surface area contributed by atoms with Gasteiger partial charge in [-0.15, -0.1) is 10.2 Å². The number of rotatable bonds is 7. The van der Waals surface area contributed by atoms with Gasteiger partial charge < -0.3 is 10.1 Å². The van der Waals surface area contributed by atoms with Crippen LogP contribution in [0.2, 0.25) is 5.02 Å². The number of methoxy groups -OCH3 is 1. The highest BCUT2D eigenvalue weighted by Gasteiger charge is 2.18. The molecule has 4 rings (SSSR count). The number of carbonyl (C=O) groups is 1. The number of aryl methyl sites for hydroxylation is 3. The highest BCUT2D eigenvalue weighted by atomic mass is 35.5. The zero-order chi connectivity index (χ0) is 24.2. The minimum atomic E-state index is -0.190. The Hall–Kier alpha value is -3.36. The minimum Gasteiger partial charge on any atom is -0.495 e. The van der Waals surface area contributed by atoms with Crippen LogP contribution < -0.4 is 10.1 Å². The van der Waals surface area contributed by atoms with E-state index < -0.39 is 0 Å². The smallest absolute Gasteiger partial charge is 0.234 e. The van der Waals surface area contributed by atoms with Gasteiger partial charge in [0, 0.05) is 29.0 Å². The van der Waals surface area contributed by atoms with Crippen molar-refractivity contribution < 1.29 is 9.53 Å². The van der Waals surface area contributed by atoms with E-state index in [1.165, 1.54) is 24.4 Å². The lowest BCUT2D eigenvalue weighted by Crippen LogP contribution is -2.15. The summed E-state index contributed by atoms with van der Waals surface area (Å²) in [4.78, 5) is 16.9. The number of anilines is 1. The molecule has 34 heavy (non-hydrogen) atoms. The molecule has 1 N–H and O–H groups in total. The first-order valence-electron chi connectivity index (χ1n) is 10.6. The van der Waals surface area contributed by atoms with Crippen molar-refractivity contribution in [1.29, 1.82) is 0 Å². The van der Waals surface area contributed by atoms with Gasteiger partial charge in [-0.05, 0) is 67.8 Å². The van der Waals surface area contributed by atoms with E-state index in [4.69, 9.17) is 16.3 Å². The first-order valence-corrected chi connectivity index (χ1v) is 11.9. The molecule has 9 heteroatoms.